The third kappa shape index (κ3) is 5.72. The van der Waals surface area contributed by atoms with E-state index in [0.29, 0.717) is 23.0 Å². The van der Waals surface area contributed by atoms with Crippen molar-refractivity contribution in [2.24, 2.45) is 23.2 Å². The molecule has 4 aliphatic rings. The molecule has 0 heterocycles. The number of hydrogen-bond acceptors (Lipinski definition) is 4. The molecule has 4 aliphatic carbocycles. The summed E-state index contributed by atoms with van der Waals surface area (Å²) < 4.78 is 11.3. The summed E-state index contributed by atoms with van der Waals surface area (Å²) in [5.41, 5.74) is 1.41. The second kappa shape index (κ2) is 9.80. The maximum atomic E-state index is 12.1. The van der Waals surface area contributed by atoms with Crippen molar-refractivity contribution in [3.8, 4) is 11.5 Å². The average Bonchev–Trinajstić information content (AvgIpc) is 2.68. The summed E-state index contributed by atoms with van der Waals surface area (Å²) in [5.74, 6) is 4.06. The van der Waals surface area contributed by atoms with E-state index < -0.39 is 0 Å². The molecule has 1 unspecified atom stereocenters. The van der Waals surface area contributed by atoms with Gasteiger partial charge in [0.15, 0.2) is 18.1 Å². The molecule has 0 aliphatic heterocycles. The zero-order valence-electron chi connectivity index (χ0n) is 20.3. The standard InChI is InChI=1S/C26H40N2O3.ClH/c1-17(26-12-19-8-20(13-26)10-21(9-19)14-26)27-15-18-6-7-22(23(11-18)30-5)31-16-24(29)28-25(2,3)4;/h6-7,11,17,19-21,27H,8-10,12-16H2,1-5H3,(H,28,29);1H/p-1. The Bertz CT molecular complexity index is 769. The van der Waals surface area contributed by atoms with Crippen LogP contribution in [0.1, 0.15) is 71.8 Å². The van der Waals surface area contributed by atoms with Gasteiger partial charge < -0.3 is 32.5 Å². The van der Waals surface area contributed by atoms with Crippen LogP contribution in [0.25, 0.3) is 0 Å². The zero-order valence-corrected chi connectivity index (χ0v) is 21.1. The van der Waals surface area contributed by atoms with E-state index in [1.165, 1.54) is 44.1 Å². The lowest BCUT2D eigenvalue weighted by atomic mass is 9.48. The molecule has 1 aromatic carbocycles. The molecule has 1 atom stereocenters. The van der Waals surface area contributed by atoms with Crippen LogP contribution in [-0.4, -0.2) is 31.2 Å². The minimum absolute atomic E-state index is 0. The Morgan fingerprint density at radius 1 is 1.09 bits per heavy atom. The van der Waals surface area contributed by atoms with E-state index in [9.17, 15) is 4.79 Å². The molecule has 180 valence electrons. The first-order valence-electron chi connectivity index (χ1n) is 12.0. The van der Waals surface area contributed by atoms with E-state index in [1.54, 1.807) is 7.11 Å². The minimum atomic E-state index is -0.270. The van der Waals surface area contributed by atoms with E-state index >= 15 is 0 Å². The number of ether oxygens (including phenoxy) is 2. The van der Waals surface area contributed by atoms with Crippen LogP contribution in [-0.2, 0) is 11.3 Å². The fraction of sp³-hybridized carbons (Fsp3) is 0.731. The summed E-state index contributed by atoms with van der Waals surface area (Å²) in [5, 5.41) is 6.75. The lowest BCUT2D eigenvalue weighted by molar-refractivity contribution is -0.124. The molecule has 0 radical (unpaired) electrons. The minimum Gasteiger partial charge on any atom is -1.00 e. The maximum Gasteiger partial charge on any atom is 0.258 e. The Morgan fingerprint density at radius 3 is 2.22 bits per heavy atom. The molecule has 6 heteroatoms. The largest absolute Gasteiger partial charge is 1.00 e. The van der Waals surface area contributed by atoms with Gasteiger partial charge in [-0.3, -0.25) is 4.79 Å². The highest BCUT2D eigenvalue weighted by atomic mass is 35.5. The molecule has 5 rings (SSSR count). The van der Waals surface area contributed by atoms with Gasteiger partial charge in [-0.2, -0.15) is 0 Å². The van der Waals surface area contributed by atoms with Crippen LogP contribution < -0.4 is 32.5 Å². The van der Waals surface area contributed by atoms with Crippen molar-refractivity contribution in [1.82, 2.24) is 10.6 Å². The normalized spacial score (nSPS) is 29.2. The van der Waals surface area contributed by atoms with Crippen LogP contribution in [0.4, 0.5) is 0 Å². The second-order valence-electron chi connectivity index (χ2n) is 11.5. The van der Waals surface area contributed by atoms with Crippen molar-refractivity contribution in [3.05, 3.63) is 23.8 Å². The molecule has 5 nitrogen and oxygen atoms in total. The number of rotatable bonds is 8. The summed E-state index contributed by atoms with van der Waals surface area (Å²) in [7, 11) is 1.65. The summed E-state index contributed by atoms with van der Waals surface area (Å²) in [6.45, 7) is 9.07. The molecule has 4 fully saturated rings. The summed E-state index contributed by atoms with van der Waals surface area (Å²) in [6.07, 6.45) is 8.70. The van der Waals surface area contributed by atoms with E-state index in [-0.39, 0.29) is 30.5 Å². The van der Waals surface area contributed by atoms with Gasteiger partial charge in [0.2, 0.25) is 0 Å². The first-order chi connectivity index (χ1) is 14.7. The Morgan fingerprint density at radius 2 is 1.69 bits per heavy atom. The average molecular weight is 464 g/mol. The van der Waals surface area contributed by atoms with Crippen molar-refractivity contribution >= 4 is 5.91 Å². The Hall–Kier alpha value is -1.46. The molecule has 0 spiro atoms. The molecule has 4 bridgehead atoms. The van der Waals surface area contributed by atoms with E-state index in [2.05, 4.69) is 23.6 Å². The predicted octanol–water partition coefficient (Wildman–Crippen LogP) is 1.69. The van der Waals surface area contributed by atoms with Gasteiger partial charge in [-0.25, -0.2) is 0 Å². The summed E-state index contributed by atoms with van der Waals surface area (Å²) >= 11 is 0. The number of carbonyl (C=O) groups excluding carboxylic acids is 1. The van der Waals surface area contributed by atoms with E-state index in [4.69, 9.17) is 9.47 Å². The van der Waals surface area contributed by atoms with Crippen molar-refractivity contribution in [2.45, 2.75) is 84.3 Å². The Labute approximate surface area is 199 Å². The first kappa shape index (κ1) is 25.2. The maximum absolute atomic E-state index is 12.1. The number of nitrogens with one attached hydrogen (secondary N) is 2. The molecular weight excluding hydrogens is 424 g/mol. The monoisotopic (exact) mass is 463 g/mol. The number of methoxy groups -OCH3 is 1. The van der Waals surface area contributed by atoms with Gasteiger partial charge in [-0.05, 0) is 107 Å². The van der Waals surface area contributed by atoms with Crippen molar-refractivity contribution in [1.29, 1.82) is 0 Å². The Balaban J connectivity index is 0.00000289. The van der Waals surface area contributed by atoms with Crippen LogP contribution in [0.3, 0.4) is 0 Å². The van der Waals surface area contributed by atoms with Gasteiger partial charge in [0.1, 0.15) is 0 Å². The molecule has 0 saturated heterocycles. The molecule has 32 heavy (non-hydrogen) atoms. The quantitative estimate of drug-likeness (QED) is 0.616. The lowest BCUT2D eigenvalue weighted by Gasteiger charge is -2.59. The highest BCUT2D eigenvalue weighted by Gasteiger charge is 2.52. The highest BCUT2D eigenvalue weighted by molar-refractivity contribution is 5.78. The van der Waals surface area contributed by atoms with Gasteiger partial charge in [-0.15, -0.1) is 0 Å². The predicted molar refractivity (Wildman–Crippen MR) is 123 cm³/mol. The number of carbonyl (C=O) groups is 1. The van der Waals surface area contributed by atoms with Gasteiger partial charge in [0.25, 0.3) is 5.91 Å². The van der Waals surface area contributed by atoms with Gasteiger partial charge >= 0.3 is 0 Å². The first-order valence-corrected chi connectivity index (χ1v) is 12.0. The van der Waals surface area contributed by atoms with Crippen LogP contribution >= 0.6 is 0 Å². The second-order valence-corrected chi connectivity index (χ2v) is 11.5. The van der Waals surface area contributed by atoms with Gasteiger partial charge in [0.05, 0.1) is 7.11 Å². The SMILES string of the molecule is COc1cc(CNC(C)C23CC4CC(CC(C4)C2)C3)ccc1OCC(=O)NC(C)(C)C.[Cl-]. The fourth-order valence-electron chi connectivity index (χ4n) is 6.73. The lowest BCUT2D eigenvalue weighted by Crippen LogP contribution is -3.00. The van der Waals surface area contributed by atoms with Crippen molar-refractivity contribution in [3.63, 3.8) is 0 Å². The Kier molecular flexibility index (Phi) is 7.71. The molecule has 1 aromatic rings. The highest BCUT2D eigenvalue weighted by Crippen LogP contribution is 2.61. The number of amides is 1. The van der Waals surface area contributed by atoms with Crippen molar-refractivity contribution < 1.29 is 26.7 Å². The smallest absolute Gasteiger partial charge is 0.258 e. The molecule has 0 aromatic heterocycles. The van der Waals surface area contributed by atoms with Crippen LogP contribution in [0.15, 0.2) is 18.2 Å². The third-order valence-electron chi connectivity index (χ3n) is 7.72. The van der Waals surface area contributed by atoms with Crippen LogP contribution in [0.5, 0.6) is 11.5 Å². The van der Waals surface area contributed by atoms with Crippen molar-refractivity contribution in [2.75, 3.05) is 13.7 Å². The molecule has 1 amide bonds. The number of benzene rings is 1. The summed E-state index contributed by atoms with van der Waals surface area (Å²) in [6, 6.07) is 6.54. The van der Waals surface area contributed by atoms with Crippen LogP contribution in [0, 0.1) is 23.2 Å². The summed E-state index contributed by atoms with van der Waals surface area (Å²) in [4.78, 5) is 12.1. The number of hydrogen-bond donors (Lipinski definition) is 2. The van der Waals surface area contributed by atoms with Crippen LogP contribution in [0.2, 0.25) is 0 Å². The topological polar surface area (TPSA) is 59.6 Å². The fourth-order valence-corrected chi connectivity index (χ4v) is 6.73. The molecule has 4 saturated carbocycles. The van der Waals surface area contributed by atoms with E-state index in [0.717, 1.165) is 24.3 Å². The molecule has 2 N–H and O–H groups in total. The third-order valence-corrected chi connectivity index (χ3v) is 7.72. The van der Waals surface area contributed by atoms with Gasteiger partial charge in [-0.1, -0.05) is 6.07 Å². The van der Waals surface area contributed by atoms with E-state index in [1.807, 2.05) is 32.9 Å². The van der Waals surface area contributed by atoms with Gasteiger partial charge in [0, 0.05) is 18.1 Å². The number of halogens is 1. The molecular formula is C26H40ClN2O3-. The zero-order chi connectivity index (χ0) is 22.2.